The standard InChI is InChI=1S/C23H26F3N4O2P/c1-13(16-7-6-8-18(21(16)24)23(25,26)14(2)31)28-22-17-11-20(33(32)9-4-5-10-33)27-12-19(17)29-15(3)30-22/h6-8,11-14,31H,4-5,9-10H2,1-3H3,(H,28,29,30)/t13-,14?/m1/s1. The van der Waals surface area contributed by atoms with Gasteiger partial charge < -0.3 is 15.0 Å². The van der Waals surface area contributed by atoms with Crippen LogP contribution in [0.25, 0.3) is 10.9 Å². The molecule has 0 bridgehead atoms. The summed E-state index contributed by atoms with van der Waals surface area (Å²) in [5.74, 6) is -3.98. The molecular formula is C23H26F3N4O2P. The first kappa shape index (κ1) is 23.6. The number of halogens is 3. The van der Waals surface area contributed by atoms with Crippen LogP contribution in [0.5, 0.6) is 0 Å². The Balaban J connectivity index is 1.74. The minimum Gasteiger partial charge on any atom is -0.387 e. The van der Waals surface area contributed by atoms with Crippen molar-refractivity contribution in [2.75, 3.05) is 17.6 Å². The lowest BCUT2D eigenvalue weighted by Gasteiger charge is -2.23. The number of anilines is 1. The Morgan fingerprint density at radius 2 is 1.88 bits per heavy atom. The van der Waals surface area contributed by atoms with Crippen molar-refractivity contribution < 1.29 is 22.8 Å². The summed E-state index contributed by atoms with van der Waals surface area (Å²) in [5.41, 5.74) is 0.218. The predicted octanol–water partition coefficient (Wildman–Crippen LogP) is 4.90. The first-order valence-corrected chi connectivity index (χ1v) is 12.9. The quantitative estimate of drug-likeness (QED) is 0.490. The van der Waals surface area contributed by atoms with Crippen molar-refractivity contribution in [3.8, 4) is 0 Å². The second kappa shape index (κ2) is 8.69. The number of aromatic nitrogens is 3. The van der Waals surface area contributed by atoms with Crippen molar-refractivity contribution in [3.05, 3.63) is 53.2 Å². The van der Waals surface area contributed by atoms with Crippen molar-refractivity contribution in [2.45, 2.75) is 51.7 Å². The molecule has 6 nitrogen and oxygen atoms in total. The van der Waals surface area contributed by atoms with Gasteiger partial charge in [-0.05, 0) is 45.7 Å². The highest BCUT2D eigenvalue weighted by Crippen LogP contribution is 2.50. The molecule has 3 heterocycles. The summed E-state index contributed by atoms with van der Waals surface area (Å²) in [6.45, 7) is 4.25. The molecule has 0 saturated carbocycles. The Bertz CT molecular complexity index is 1240. The van der Waals surface area contributed by atoms with E-state index in [9.17, 15) is 18.5 Å². The van der Waals surface area contributed by atoms with Gasteiger partial charge in [0.25, 0.3) is 0 Å². The minimum absolute atomic E-state index is 0.00936. The van der Waals surface area contributed by atoms with Crippen molar-refractivity contribution in [3.63, 3.8) is 0 Å². The van der Waals surface area contributed by atoms with Gasteiger partial charge in [-0.15, -0.1) is 0 Å². The lowest BCUT2D eigenvalue weighted by molar-refractivity contribution is -0.108. The SMILES string of the molecule is Cc1nc(N[C@H](C)c2cccc(C(F)(F)C(C)O)c2F)c2cc(P3(=O)CCCC3)ncc2n1. The van der Waals surface area contributed by atoms with Crippen LogP contribution in [-0.2, 0) is 10.5 Å². The molecule has 2 atom stereocenters. The van der Waals surface area contributed by atoms with Gasteiger partial charge in [-0.2, -0.15) is 8.78 Å². The lowest BCUT2D eigenvalue weighted by Crippen LogP contribution is -2.29. The van der Waals surface area contributed by atoms with E-state index in [4.69, 9.17) is 0 Å². The summed E-state index contributed by atoms with van der Waals surface area (Å²) < 4.78 is 57.0. The predicted molar refractivity (Wildman–Crippen MR) is 122 cm³/mol. The third kappa shape index (κ3) is 4.36. The highest BCUT2D eigenvalue weighted by atomic mass is 31.2. The molecule has 2 N–H and O–H groups in total. The maximum atomic E-state index is 15.1. The number of rotatable bonds is 6. The van der Waals surface area contributed by atoms with Crippen LogP contribution >= 0.6 is 7.14 Å². The molecule has 1 aliphatic heterocycles. The molecule has 3 aromatic rings. The van der Waals surface area contributed by atoms with Gasteiger partial charge in [0.05, 0.1) is 23.3 Å². The number of fused-ring (bicyclic) bond motifs is 1. The molecule has 1 fully saturated rings. The van der Waals surface area contributed by atoms with Gasteiger partial charge >= 0.3 is 5.92 Å². The monoisotopic (exact) mass is 478 g/mol. The number of aliphatic hydroxyl groups is 1. The molecule has 4 rings (SSSR count). The molecule has 10 heteroatoms. The van der Waals surface area contributed by atoms with Crippen LogP contribution in [0.1, 0.15) is 49.7 Å². The highest BCUT2D eigenvalue weighted by Gasteiger charge is 2.40. The Morgan fingerprint density at radius 3 is 2.55 bits per heavy atom. The van der Waals surface area contributed by atoms with Gasteiger partial charge in [-0.1, -0.05) is 12.1 Å². The molecule has 1 saturated heterocycles. The van der Waals surface area contributed by atoms with Crippen LogP contribution in [0, 0.1) is 12.7 Å². The van der Waals surface area contributed by atoms with Gasteiger partial charge in [0.15, 0.2) is 0 Å². The molecular weight excluding hydrogens is 452 g/mol. The topological polar surface area (TPSA) is 88.0 Å². The summed E-state index contributed by atoms with van der Waals surface area (Å²) >= 11 is 0. The van der Waals surface area contributed by atoms with Crippen molar-refractivity contribution in [2.24, 2.45) is 0 Å². The van der Waals surface area contributed by atoms with E-state index in [1.807, 2.05) is 0 Å². The van der Waals surface area contributed by atoms with E-state index < -0.39 is 36.6 Å². The first-order valence-electron chi connectivity index (χ1n) is 10.9. The second-order valence-electron chi connectivity index (χ2n) is 8.60. The maximum absolute atomic E-state index is 15.1. The molecule has 1 unspecified atom stereocenters. The number of nitrogens with one attached hydrogen (secondary N) is 1. The van der Waals surface area contributed by atoms with Gasteiger partial charge in [0.2, 0.25) is 0 Å². The van der Waals surface area contributed by atoms with Crippen LogP contribution in [-0.4, -0.2) is 38.5 Å². The zero-order valence-corrected chi connectivity index (χ0v) is 19.5. The fraction of sp³-hybridized carbons (Fsp3) is 0.435. The molecule has 176 valence electrons. The third-order valence-electron chi connectivity index (χ3n) is 6.12. The number of pyridine rings is 1. The van der Waals surface area contributed by atoms with Gasteiger partial charge in [-0.3, -0.25) is 4.98 Å². The van der Waals surface area contributed by atoms with Gasteiger partial charge in [0.1, 0.15) is 36.1 Å². The molecule has 1 aromatic carbocycles. The maximum Gasteiger partial charge on any atom is 0.301 e. The summed E-state index contributed by atoms with van der Waals surface area (Å²) in [5, 5.41) is 13.1. The van der Waals surface area contributed by atoms with E-state index in [0.29, 0.717) is 40.3 Å². The van der Waals surface area contributed by atoms with E-state index >= 15 is 4.39 Å². The van der Waals surface area contributed by atoms with Gasteiger partial charge in [-0.25, -0.2) is 14.4 Å². The van der Waals surface area contributed by atoms with Crippen molar-refractivity contribution in [1.29, 1.82) is 0 Å². The van der Waals surface area contributed by atoms with Crippen LogP contribution < -0.4 is 10.8 Å². The average molecular weight is 478 g/mol. The second-order valence-corrected chi connectivity index (χ2v) is 11.7. The number of benzene rings is 1. The molecule has 2 aromatic heterocycles. The van der Waals surface area contributed by atoms with Crippen LogP contribution in [0.2, 0.25) is 0 Å². The zero-order valence-electron chi connectivity index (χ0n) is 18.6. The number of hydrogen-bond acceptors (Lipinski definition) is 6. The molecule has 0 radical (unpaired) electrons. The fourth-order valence-corrected chi connectivity index (χ4v) is 6.98. The van der Waals surface area contributed by atoms with Crippen LogP contribution in [0.4, 0.5) is 19.0 Å². The molecule has 1 aliphatic rings. The van der Waals surface area contributed by atoms with Gasteiger partial charge in [0, 0.05) is 23.3 Å². The minimum atomic E-state index is -3.73. The lowest BCUT2D eigenvalue weighted by atomic mass is 9.97. The van der Waals surface area contributed by atoms with Crippen LogP contribution in [0.15, 0.2) is 30.5 Å². The smallest absolute Gasteiger partial charge is 0.301 e. The number of alkyl halides is 2. The van der Waals surface area contributed by atoms with Crippen LogP contribution in [0.3, 0.4) is 0 Å². The molecule has 33 heavy (non-hydrogen) atoms. The molecule has 0 spiro atoms. The summed E-state index contributed by atoms with van der Waals surface area (Å²) in [6, 6.07) is 4.71. The zero-order chi connectivity index (χ0) is 24.0. The van der Waals surface area contributed by atoms with E-state index in [1.165, 1.54) is 12.1 Å². The Hall–Kier alpha value is -2.51. The van der Waals surface area contributed by atoms with Crippen molar-refractivity contribution in [1.82, 2.24) is 15.0 Å². The normalized spacial score (nSPS) is 17.8. The summed E-state index contributed by atoms with van der Waals surface area (Å²) in [4.78, 5) is 13.2. The third-order valence-corrected chi connectivity index (χ3v) is 9.27. The largest absolute Gasteiger partial charge is 0.387 e. The molecule has 0 aliphatic carbocycles. The Kier molecular flexibility index (Phi) is 6.22. The molecule has 0 amide bonds. The summed E-state index contributed by atoms with van der Waals surface area (Å²) in [6.07, 6.45) is 2.56. The van der Waals surface area contributed by atoms with E-state index in [-0.39, 0.29) is 5.56 Å². The van der Waals surface area contributed by atoms with E-state index in [2.05, 4.69) is 20.3 Å². The van der Waals surface area contributed by atoms with E-state index in [1.54, 1.807) is 26.1 Å². The number of aryl methyl sites for hydroxylation is 1. The first-order chi connectivity index (χ1) is 15.5. The number of hydrogen-bond donors (Lipinski definition) is 2. The Morgan fingerprint density at radius 1 is 1.18 bits per heavy atom. The fourth-order valence-electron chi connectivity index (χ4n) is 4.20. The Labute approximate surface area is 190 Å². The number of aliphatic hydroxyl groups excluding tert-OH is 1. The van der Waals surface area contributed by atoms with Crippen molar-refractivity contribution >= 4 is 29.3 Å². The number of nitrogens with zero attached hydrogens (tertiary/aromatic N) is 3. The average Bonchev–Trinajstić information content (AvgIpc) is 3.20. The summed E-state index contributed by atoms with van der Waals surface area (Å²) in [7, 11) is -2.55. The highest BCUT2D eigenvalue weighted by molar-refractivity contribution is 7.71. The van der Waals surface area contributed by atoms with E-state index in [0.717, 1.165) is 25.8 Å².